The summed E-state index contributed by atoms with van der Waals surface area (Å²) in [6.45, 7) is 4.84. The van der Waals surface area contributed by atoms with Crippen molar-refractivity contribution >= 4 is 5.95 Å². The van der Waals surface area contributed by atoms with Crippen molar-refractivity contribution in [2.24, 2.45) is 11.7 Å². The standard InChI is InChI=1S/C13H23N5O/c1-9-4-5-11(19-9)12-15-13(17-16-12)18-6-2-3-10(7-14)8-18/h9-11H,2-8,14H2,1H3,(H,15,16,17). The highest BCUT2D eigenvalue weighted by Crippen LogP contribution is 2.31. The van der Waals surface area contributed by atoms with Gasteiger partial charge in [-0.1, -0.05) is 0 Å². The second kappa shape index (κ2) is 5.46. The number of piperidine rings is 1. The topological polar surface area (TPSA) is 80.1 Å². The largest absolute Gasteiger partial charge is 0.367 e. The minimum absolute atomic E-state index is 0.0892. The molecule has 3 heterocycles. The van der Waals surface area contributed by atoms with Gasteiger partial charge in [0.2, 0.25) is 5.95 Å². The Hall–Kier alpha value is -1.14. The van der Waals surface area contributed by atoms with Crippen molar-refractivity contribution in [3.05, 3.63) is 5.82 Å². The molecule has 0 spiro atoms. The number of rotatable bonds is 3. The molecule has 1 aromatic rings. The van der Waals surface area contributed by atoms with Crippen LogP contribution in [0, 0.1) is 5.92 Å². The summed E-state index contributed by atoms with van der Waals surface area (Å²) in [6, 6.07) is 0. The van der Waals surface area contributed by atoms with Gasteiger partial charge in [-0.2, -0.15) is 4.98 Å². The number of anilines is 1. The summed E-state index contributed by atoms with van der Waals surface area (Å²) in [7, 11) is 0. The van der Waals surface area contributed by atoms with Crippen molar-refractivity contribution in [1.82, 2.24) is 15.2 Å². The first-order valence-corrected chi connectivity index (χ1v) is 7.29. The highest BCUT2D eigenvalue weighted by molar-refractivity contribution is 5.30. The van der Waals surface area contributed by atoms with E-state index in [4.69, 9.17) is 10.5 Å². The van der Waals surface area contributed by atoms with Crippen LogP contribution in [0.5, 0.6) is 0 Å². The number of hydrogen-bond acceptors (Lipinski definition) is 5. The lowest BCUT2D eigenvalue weighted by Crippen LogP contribution is -2.39. The molecule has 1 aromatic heterocycles. The molecule has 3 unspecified atom stereocenters. The number of nitrogens with two attached hydrogens (primary N) is 1. The minimum atomic E-state index is 0.0892. The van der Waals surface area contributed by atoms with Gasteiger partial charge in [-0.3, -0.25) is 5.10 Å². The second-order valence-corrected chi connectivity index (χ2v) is 5.72. The van der Waals surface area contributed by atoms with E-state index < -0.39 is 0 Å². The lowest BCUT2D eigenvalue weighted by molar-refractivity contribution is 0.0505. The average molecular weight is 265 g/mol. The summed E-state index contributed by atoms with van der Waals surface area (Å²) in [5.74, 6) is 2.24. The molecule has 0 radical (unpaired) electrons. The second-order valence-electron chi connectivity index (χ2n) is 5.72. The summed E-state index contributed by atoms with van der Waals surface area (Å²) >= 11 is 0. The van der Waals surface area contributed by atoms with Crippen molar-refractivity contribution in [3.63, 3.8) is 0 Å². The Kier molecular flexibility index (Phi) is 3.70. The summed E-state index contributed by atoms with van der Waals surface area (Å²) < 4.78 is 5.82. The van der Waals surface area contributed by atoms with Gasteiger partial charge < -0.3 is 15.4 Å². The molecule has 6 nitrogen and oxygen atoms in total. The van der Waals surface area contributed by atoms with Crippen molar-refractivity contribution in [1.29, 1.82) is 0 Å². The predicted octanol–water partition coefficient (Wildman–Crippen LogP) is 1.22. The number of ether oxygens (including phenoxy) is 1. The van der Waals surface area contributed by atoms with Crippen LogP contribution >= 0.6 is 0 Å². The van der Waals surface area contributed by atoms with Crippen molar-refractivity contribution < 1.29 is 4.74 Å². The molecule has 0 amide bonds. The van der Waals surface area contributed by atoms with E-state index in [-0.39, 0.29) is 6.10 Å². The number of aromatic amines is 1. The molecule has 0 bridgehead atoms. The molecule has 2 saturated heterocycles. The van der Waals surface area contributed by atoms with E-state index in [1.807, 2.05) is 0 Å². The van der Waals surface area contributed by atoms with Crippen molar-refractivity contribution in [3.8, 4) is 0 Å². The maximum Gasteiger partial charge on any atom is 0.244 e. The Bertz CT molecular complexity index is 421. The number of H-pyrrole nitrogens is 1. The fourth-order valence-electron chi connectivity index (χ4n) is 2.99. The van der Waals surface area contributed by atoms with Crippen LogP contribution in [-0.2, 0) is 4.74 Å². The molecule has 6 heteroatoms. The molecule has 3 N–H and O–H groups in total. The zero-order valence-electron chi connectivity index (χ0n) is 11.5. The Labute approximate surface area is 113 Å². The van der Waals surface area contributed by atoms with E-state index in [1.54, 1.807) is 0 Å². The Morgan fingerprint density at radius 1 is 1.42 bits per heavy atom. The molecular formula is C13H23N5O. The summed E-state index contributed by atoms with van der Waals surface area (Å²) in [5, 5.41) is 7.39. The van der Waals surface area contributed by atoms with Gasteiger partial charge in [-0.25, -0.2) is 0 Å². The molecule has 2 fully saturated rings. The lowest BCUT2D eigenvalue weighted by atomic mass is 9.99. The molecule has 2 aliphatic heterocycles. The predicted molar refractivity (Wildman–Crippen MR) is 72.9 cm³/mol. The normalized spacial score (nSPS) is 31.9. The maximum atomic E-state index is 5.82. The first-order chi connectivity index (χ1) is 9.26. The third kappa shape index (κ3) is 2.74. The van der Waals surface area contributed by atoms with Gasteiger partial charge in [0.05, 0.1) is 6.10 Å². The van der Waals surface area contributed by atoms with E-state index in [2.05, 4.69) is 27.0 Å². The van der Waals surface area contributed by atoms with Crippen LogP contribution in [0.15, 0.2) is 0 Å². The van der Waals surface area contributed by atoms with Crippen LogP contribution < -0.4 is 10.6 Å². The van der Waals surface area contributed by atoms with Gasteiger partial charge in [0.15, 0.2) is 5.82 Å². The fourth-order valence-corrected chi connectivity index (χ4v) is 2.99. The van der Waals surface area contributed by atoms with Crippen LogP contribution in [-0.4, -0.2) is 40.9 Å². The monoisotopic (exact) mass is 265 g/mol. The molecule has 0 saturated carbocycles. The average Bonchev–Trinajstić information content (AvgIpc) is 3.07. The first-order valence-electron chi connectivity index (χ1n) is 7.29. The summed E-state index contributed by atoms with van der Waals surface area (Å²) in [4.78, 5) is 6.85. The third-order valence-corrected chi connectivity index (χ3v) is 4.16. The SMILES string of the molecule is CC1CCC(c2nc(N3CCCC(CN)C3)n[nH]2)O1. The van der Waals surface area contributed by atoms with E-state index in [0.717, 1.165) is 44.2 Å². The van der Waals surface area contributed by atoms with Crippen LogP contribution in [0.3, 0.4) is 0 Å². The van der Waals surface area contributed by atoms with E-state index in [9.17, 15) is 0 Å². The molecule has 0 aromatic carbocycles. The van der Waals surface area contributed by atoms with Crippen LogP contribution in [0.2, 0.25) is 0 Å². The molecule has 3 atom stereocenters. The molecular weight excluding hydrogens is 242 g/mol. The number of hydrogen-bond donors (Lipinski definition) is 2. The van der Waals surface area contributed by atoms with E-state index in [0.29, 0.717) is 12.0 Å². The smallest absolute Gasteiger partial charge is 0.244 e. The lowest BCUT2D eigenvalue weighted by Gasteiger charge is -2.31. The highest BCUT2D eigenvalue weighted by atomic mass is 16.5. The van der Waals surface area contributed by atoms with Crippen molar-refractivity contribution in [2.45, 2.75) is 44.8 Å². The van der Waals surface area contributed by atoms with Gasteiger partial charge in [0.1, 0.15) is 6.10 Å². The number of nitrogens with zero attached hydrogens (tertiary/aromatic N) is 3. The maximum absolute atomic E-state index is 5.82. The van der Waals surface area contributed by atoms with Gasteiger partial charge in [-0.15, -0.1) is 5.10 Å². The quantitative estimate of drug-likeness (QED) is 0.859. The zero-order chi connectivity index (χ0) is 13.2. The van der Waals surface area contributed by atoms with Crippen molar-refractivity contribution in [2.75, 3.05) is 24.5 Å². The van der Waals surface area contributed by atoms with Gasteiger partial charge in [-0.05, 0) is 45.1 Å². The van der Waals surface area contributed by atoms with E-state index in [1.165, 1.54) is 12.8 Å². The van der Waals surface area contributed by atoms with Gasteiger partial charge >= 0.3 is 0 Å². The van der Waals surface area contributed by atoms with Crippen LogP contribution in [0.1, 0.15) is 44.5 Å². The zero-order valence-corrected chi connectivity index (χ0v) is 11.5. The highest BCUT2D eigenvalue weighted by Gasteiger charge is 2.28. The number of nitrogens with one attached hydrogen (secondary N) is 1. The van der Waals surface area contributed by atoms with Gasteiger partial charge in [0.25, 0.3) is 0 Å². The molecule has 106 valence electrons. The Balaban J connectivity index is 1.67. The summed E-state index contributed by atoms with van der Waals surface area (Å²) in [5.41, 5.74) is 5.77. The van der Waals surface area contributed by atoms with Gasteiger partial charge in [0, 0.05) is 13.1 Å². The molecule has 2 aliphatic rings. The fraction of sp³-hybridized carbons (Fsp3) is 0.846. The molecule has 19 heavy (non-hydrogen) atoms. The summed E-state index contributed by atoms with van der Waals surface area (Å²) in [6.07, 6.45) is 4.93. The van der Waals surface area contributed by atoms with Crippen LogP contribution in [0.4, 0.5) is 5.95 Å². The Morgan fingerprint density at radius 2 is 2.32 bits per heavy atom. The molecule has 0 aliphatic carbocycles. The van der Waals surface area contributed by atoms with E-state index >= 15 is 0 Å². The first kappa shape index (κ1) is 12.9. The molecule has 3 rings (SSSR count). The minimum Gasteiger partial charge on any atom is -0.367 e. The van der Waals surface area contributed by atoms with Crippen LogP contribution in [0.25, 0.3) is 0 Å². The number of aromatic nitrogens is 3. The Morgan fingerprint density at radius 3 is 3.05 bits per heavy atom. The third-order valence-electron chi connectivity index (χ3n) is 4.16.